The van der Waals surface area contributed by atoms with Crippen LogP contribution in [0.3, 0.4) is 0 Å². The highest BCUT2D eigenvalue weighted by molar-refractivity contribution is 7.89. The number of nitrogens with two attached hydrogens (primary N) is 2. The number of nitrogens with zero attached hydrogens (tertiary/aromatic N) is 1. The SMILES string of the molecule is Nc1cc(N(CCO)CC(F)F)ccc1S(N)(=O)=O. The predicted octanol–water partition coefficient (Wildman–Crippen LogP) is -0.0200. The highest BCUT2D eigenvalue weighted by atomic mass is 32.2. The number of hydrogen-bond donors (Lipinski definition) is 3. The summed E-state index contributed by atoms with van der Waals surface area (Å²) in [5.41, 5.74) is 5.70. The monoisotopic (exact) mass is 295 g/mol. The number of rotatable bonds is 6. The van der Waals surface area contributed by atoms with E-state index in [1.165, 1.54) is 17.0 Å². The van der Waals surface area contributed by atoms with Crippen molar-refractivity contribution in [3.05, 3.63) is 18.2 Å². The second kappa shape index (κ2) is 6.13. The molecule has 0 aromatic heterocycles. The smallest absolute Gasteiger partial charge is 0.255 e. The van der Waals surface area contributed by atoms with Gasteiger partial charge in [0.15, 0.2) is 0 Å². The van der Waals surface area contributed by atoms with Crippen molar-refractivity contribution in [2.24, 2.45) is 5.14 Å². The molecule has 1 rings (SSSR count). The molecular weight excluding hydrogens is 280 g/mol. The van der Waals surface area contributed by atoms with E-state index >= 15 is 0 Å². The zero-order chi connectivity index (χ0) is 14.6. The molecule has 9 heteroatoms. The molecule has 0 unspecified atom stereocenters. The number of aliphatic hydroxyl groups excluding tert-OH is 1. The molecule has 0 saturated carbocycles. The Balaban J connectivity index is 3.10. The summed E-state index contributed by atoms with van der Waals surface area (Å²) in [6, 6.07) is 3.70. The first kappa shape index (κ1) is 15.6. The molecule has 1 aromatic carbocycles. The lowest BCUT2D eigenvalue weighted by Gasteiger charge is -2.24. The third-order valence-corrected chi connectivity index (χ3v) is 3.38. The van der Waals surface area contributed by atoms with Crippen molar-refractivity contribution in [3.63, 3.8) is 0 Å². The fraction of sp³-hybridized carbons (Fsp3) is 0.400. The maximum absolute atomic E-state index is 12.4. The van der Waals surface area contributed by atoms with Gasteiger partial charge in [0.25, 0.3) is 6.43 Å². The molecular formula is C10H15F2N3O3S. The van der Waals surface area contributed by atoms with Gasteiger partial charge in [-0.25, -0.2) is 22.3 Å². The Hall–Kier alpha value is -1.45. The van der Waals surface area contributed by atoms with Crippen LogP contribution >= 0.6 is 0 Å². The molecule has 0 aliphatic rings. The van der Waals surface area contributed by atoms with E-state index < -0.39 is 23.0 Å². The lowest BCUT2D eigenvalue weighted by molar-refractivity contribution is 0.153. The Kier molecular flexibility index (Phi) is 5.04. The van der Waals surface area contributed by atoms with E-state index in [0.29, 0.717) is 5.69 Å². The van der Waals surface area contributed by atoms with Crippen LogP contribution in [0.4, 0.5) is 20.2 Å². The number of hydrogen-bond acceptors (Lipinski definition) is 5. The molecule has 0 aliphatic carbocycles. The summed E-state index contributed by atoms with van der Waals surface area (Å²) >= 11 is 0. The Morgan fingerprint density at radius 1 is 1.37 bits per heavy atom. The van der Waals surface area contributed by atoms with Gasteiger partial charge in [0.2, 0.25) is 10.0 Å². The molecule has 0 heterocycles. The average Bonchev–Trinajstić information content (AvgIpc) is 2.26. The number of benzene rings is 1. The van der Waals surface area contributed by atoms with Gasteiger partial charge in [0.05, 0.1) is 18.8 Å². The van der Waals surface area contributed by atoms with Crippen molar-refractivity contribution in [3.8, 4) is 0 Å². The Morgan fingerprint density at radius 2 is 2.00 bits per heavy atom. The number of anilines is 2. The van der Waals surface area contributed by atoms with E-state index in [0.717, 1.165) is 6.07 Å². The van der Waals surface area contributed by atoms with Gasteiger partial charge >= 0.3 is 0 Å². The van der Waals surface area contributed by atoms with Gasteiger partial charge in [0.1, 0.15) is 4.90 Å². The summed E-state index contributed by atoms with van der Waals surface area (Å²) in [5.74, 6) is 0. The average molecular weight is 295 g/mol. The van der Waals surface area contributed by atoms with E-state index in [1.807, 2.05) is 0 Å². The summed E-state index contributed by atoms with van der Waals surface area (Å²) in [6.07, 6.45) is -2.59. The van der Waals surface area contributed by atoms with Crippen LogP contribution in [-0.2, 0) is 10.0 Å². The van der Waals surface area contributed by atoms with E-state index in [-0.39, 0.29) is 23.7 Å². The minimum absolute atomic E-state index is 0.0154. The molecule has 0 amide bonds. The molecule has 108 valence electrons. The van der Waals surface area contributed by atoms with Gasteiger partial charge in [-0.15, -0.1) is 0 Å². The van der Waals surface area contributed by atoms with Gasteiger partial charge in [-0.05, 0) is 18.2 Å². The molecule has 6 nitrogen and oxygen atoms in total. The van der Waals surface area contributed by atoms with Crippen LogP contribution < -0.4 is 15.8 Å². The molecule has 0 radical (unpaired) electrons. The van der Waals surface area contributed by atoms with Crippen molar-refractivity contribution < 1.29 is 22.3 Å². The third kappa shape index (κ3) is 4.30. The number of primary sulfonamides is 1. The van der Waals surface area contributed by atoms with E-state index in [2.05, 4.69) is 0 Å². The Morgan fingerprint density at radius 3 is 2.42 bits per heavy atom. The fourth-order valence-corrected chi connectivity index (χ4v) is 2.25. The van der Waals surface area contributed by atoms with Gasteiger partial charge in [0, 0.05) is 12.2 Å². The number of halogens is 2. The van der Waals surface area contributed by atoms with Crippen LogP contribution in [0.25, 0.3) is 0 Å². The number of aliphatic hydroxyl groups is 1. The summed E-state index contributed by atoms with van der Waals surface area (Å²) < 4.78 is 47.1. The predicted molar refractivity (Wildman–Crippen MR) is 67.5 cm³/mol. The molecule has 0 bridgehead atoms. The molecule has 0 atom stereocenters. The van der Waals surface area contributed by atoms with Crippen LogP contribution in [-0.4, -0.2) is 39.6 Å². The lowest BCUT2D eigenvalue weighted by Crippen LogP contribution is -2.31. The van der Waals surface area contributed by atoms with Crippen molar-refractivity contribution in [2.45, 2.75) is 11.3 Å². The molecule has 19 heavy (non-hydrogen) atoms. The van der Waals surface area contributed by atoms with Crippen LogP contribution in [0.15, 0.2) is 23.1 Å². The Labute approximate surface area is 109 Å². The van der Waals surface area contributed by atoms with Crippen molar-refractivity contribution in [1.29, 1.82) is 0 Å². The summed E-state index contributed by atoms with van der Waals surface area (Å²) in [7, 11) is -3.95. The minimum Gasteiger partial charge on any atom is -0.398 e. The zero-order valence-electron chi connectivity index (χ0n) is 9.96. The van der Waals surface area contributed by atoms with Crippen molar-refractivity contribution in [2.75, 3.05) is 30.3 Å². The second-order valence-electron chi connectivity index (χ2n) is 3.83. The topological polar surface area (TPSA) is 110 Å². The molecule has 0 fully saturated rings. The molecule has 0 spiro atoms. The maximum Gasteiger partial charge on any atom is 0.255 e. The first-order valence-electron chi connectivity index (χ1n) is 5.32. The second-order valence-corrected chi connectivity index (χ2v) is 5.36. The highest BCUT2D eigenvalue weighted by Gasteiger charge is 2.16. The standard InChI is InChI=1S/C10H15F2N3O3S/c11-10(12)6-15(3-4-16)7-1-2-9(8(13)5-7)19(14,17)18/h1-2,5,10,16H,3-4,6,13H2,(H2,14,17,18). The molecule has 0 aliphatic heterocycles. The summed E-state index contributed by atoms with van der Waals surface area (Å²) in [4.78, 5) is 0.936. The fourth-order valence-electron chi connectivity index (χ4n) is 1.60. The maximum atomic E-state index is 12.4. The zero-order valence-corrected chi connectivity index (χ0v) is 10.8. The van der Waals surface area contributed by atoms with Gasteiger partial charge in [-0.2, -0.15) is 0 Å². The third-order valence-electron chi connectivity index (χ3n) is 2.39. The van der Waals surface area contributed by atoms with Crippen molar-refractivity contribution in [1.82, 2.24) is 0 Å². The quantitative estimate of drug-likeness (QED) is 0.639. The number of alkyl halides is 2. The summed E-state index contributed by atoms with van der Waals surface area (Å²) in [6.45, 7) is -0.920. The number of nitrogen functional groups attached to an aromatic ring is 1. The van der Waals surface area contributed by atoms with Gasteiger partial charge in [-0.3, -0.25) is 0 Å². The lowest BCUT2D eigenvalue weighted by atomic mass is 10.2. The van der Waals surface area contributed by atoms with E-state index in [1.54, 1.807) is 0 Å². The molecule has 0 saturated heterocycles. The van der Waals surface area contributed by atoms with Gasteiger partial charge in [-0.1, -0.05) is 0 Å². The first-order valence-corrected chi connectivity index (χ1v) is 6.86. The van der Waals surface area contributed by atoms with Crippen LogP contribution in [0.2, 0.25) is 0 Å². The van der Waals surface area contributed by atoms with Gasteiger partial charge < -0.3 is 15.7 Å². The van der Waals surface area contributed by atoms with Crippen LogP contribution in [0.5, 0.6) is 0 Å². The van der Waals surface area contributed by atoms with Crippen LogP contribution in [0.1, 0.15) is 0 Å². The van der Waals surface area contributed by atoms with Crippen molar-refractivity contribution >= 4 is 21.4 Å². The highest BCUT2D eigenvalue weighted by Crippen LogP contribution is 2.24. The first-order chi connectivity index (χ1) is 8.75. The van der Waals surface area contributed by atoms with E-state index in [4.69, 9.17) is 16.0 Å². The minimum atomic E-state index is -3.95. The number of sulfonamides is 1. The molecule has 1 aromatic rings. The largest absolute Gasteiger partial charge is 0.398 e. The normalized spacial score (nSPS) is 11.8. The molecule has 5 N–H and O–H groups in total. The Bertz CT molecular complexity index is 537. The van der Waals surface area contributed by atoms with E-state index in [9.17, 15) is 17.2 Å². The van der Waals surface area contributed by atoms with Crippen LogP contribution in [0, 0.1) is 0 Å². The summed E-state index contributed by atoms with van der Waals surface area (Å²) in [5, 5.41) is 13.8.